The first-order chi connectivity index (χ1) is 8.25. The van der Waals surface area contributed by atoms with E-state index in [9.17, 15) is 4.79 Å². The van der Waals surface area contributed by atoms with Crippen molar-refractivity contribution < 1.29 is 9.53 Å². The van der Waals surface area contributed by atoms with Gasteiger partial charge in [0.05, 0.1) is 11.6 Å². The second-order valence-electron chi connectivity index (χ2n) is 4.28. The SMILES string of the molecule is O=C1CC(CCOc2ccccc2Cl)CCN1. The third-order valence-electron chi connectivity index (χ3n) is 2.97. The molecule has 2 rings (SSSR count). The third-order valence-corrected chi connectivity index (χ3v) is 3.28. The van der Waals surface area contributed by atoms with E-state index in [0.29, 0.717) is 24.0 Å². The van der Waals surface area contributed by atoms with Crippen LogP contribution in [0.2, 0.25) is 5.02 Å². The number of nitrogens with one attached hydrogen (secondary N) is 1. The summed E-state index contributed by atoms with van der Waals surface area (Å²) in [5, 5.41) is 3.46. The maximum Gasteiger partial charge on any atom is 0.220 e. The lowest BCUT2D eigenvalue weighted by molar-refractivity contribution is -0.123. The number of para-hydroxylation sites is 1. The van der Waals surface area contributed by atoms with Crippen LogP contribution in [-0.4, -0.2) is 19.1 Å². The van der Waals surface area contributed by atoms with Gasteiger partial charge in [0.25, 0.3) is 0 Å². The number of rotatable bonds is 4. The number of ether oxygens (including phenoxy) is 1. The van der Waals surface area contributed by atoms with Crippen molar-refractivity contribution in [2.24, 2.45) is 5.92 Å². The van der Waals surface area contributed by atoms with Crippen molar-refractivity contribution in [2.75, 3.05) is 13.2 Å². The fraction of sp³-hybridized carbons (Fsp3) is 0.462. The molecule has 1 fully saturated rings. The molecule has 17 heavy (non-hydrogen) atoms. The number of hydrogen-bond acceptors (Lipinski definition) is 2. The summed E-state index contributed by atoms with van der Waals surface area (Å²) in [5.41, 5.74) is 0. The summed E-state index contributed by atoms with van der Waals surface area (Å²) >= 11 is 5.98. The Bertz CT molecular complexity index is 395. The molecule has 1 heterocycles. The molecule has 0 radical (unpaired) electrons. The van der Waals surface area contributed by atoms with Gasteiger partial charge in [0.1, 0.15) is 5.75 Å². The monoisotopic (exact) mass is 253 g/mol. The Kier molecular flexibility index (Phi) is 4.26. The summed E-state index contributed by atoms with van der Waals surface area (Å²) in [7, 11) is 0. The van der Waals surface area contributed by atoms with E-state index in [4.69, 9.17) is 16.3 Å². The largest absolute Gasteiger partial charge is 0.492 e. The molecule has 1 aromatic carbocycles. The van der Waals surface area contributed by atoms with Crippen LogP contribution in [0.1, 0.15) is 19.3 Å². The zero-order chi connectivity index (χ0) is 12.1. The number of hydrogen-bond donors (Lipinski definition) is 1. The van der Waals surface area contributed by atoms with Crippen LogP contribution < -0.4 is 10.1 Å². The van der Waals surface area contributed by atoms with Crippen LogP contribution >= 0.6 is 11.6 Å². The van der Waals surface area contributed by atoms with Crippen LogP contribution in [0.5, 0.6) is 5.75 Å². The number of carbonyl (C=O) groups is 1. The van der Waals surface area contributed by atoms with Crippen molar-refractivity contribution in [1.29, 1.82) is 0 Å². The second kappa shape index (κ2) is 5.92. The Hall–Kier alpha value is -1.22. The lowest BCUT2D eigenvalue weighted by Crippen LogP contribution is -2.34. The first kappa shape index (κ1) is 12.2. The van der Waals surface area contributed by atoms with Gasteiger partial charge in [-0.3, -0.25) is 4.79 Å². The van der Waals surface area contributed by atoms with Crippen LogP contribution in [0, 0.1) is 5.92 Å². The van der Waals surface area contributed by atoms with Gasteiger partial charge in [-0.15, -0.1) is 0 Å². The van der Waals surface area contributed by atoms with Crippen LogP contribution in [0.4, 0.5) is 0 Å². The first-order valence-corrected chi connectivity index (χ1v) is 6.27. The molecular formula is C13H16ClNO2. The molecule has 4 heteroatoms. The Labute approximate surface area is 106 Å². The average Bonchev–Trinajstić information content (AvgIpc) is 2.32. The second-order valence-corrected chi connectivity index (χ2v) is 4.68. The van der Waals surface area contributed by atoms with E-state index < -0.39 is 0 Å². The highest BCUT2D eigenvalue weighted by atomic mass is 35.5. The fourth-order valence-corrected chi connectivity index (χ4v) is 2.19. The van der Waals surface area contributed by atoms with Crippen LogP contribution in [0.25, 0.3) is 0 Å². The highest BCUT2D eigenvalue weighted by Gasteiger charge is 2.18. The summed E-state index contributed by atoms with van der Waals surface area (Å²) in [6.45, 7) is 1.40. The van der Waals surface area contributed by atoms with Crippen molar-refractivity contribution in [2.45, 2.75) is 19.3 Å². The third kappa shape index (κ3) is 3.63. The summed E-state index contributed by atoms with van der Waals surface area (Å²) in [5.74, 6) is 1.31. The Morgan fingerprint density at radius 3 is 3.00 bits per heavy atom. The minimum absolute atomic E-state index is 0.152. The van der Waals surface area contributed by atoms with Crippen molar-refractivity contribution in [3.05, 3.63) is 29.3 Å². The summed E-state index contributed by atoms with van der Waals surface area (Å²) in [4.78, 5) is 11.2. The maximum absolute atomic E-state index is 11.2. The van der Waals surface area contributed by atoms with Gasteiger partial charge in [-0.2, -0.15) is 0 Å². The Morgan fingerprint density at radius 1 is 1.41 bits per heavy atom. The van der Waals surface area contributed by atoms with Crippen LogP contribution in [0.15, 0.2) is 24.3 Å². The molecule has 1 N–H and O–H groups in total. The number of halogens is 1. The Morgan fingerprint density at radius 2 is 2.24 bits per heavy atom. The predicted molar refractivity (Wildman–Crippen MR) is 67.3 cm³/mol. The molecule has 0 spiro atoms. The summed E-state index contributed by atoms with van der Waals surface area (Å²) < 4.78 is 5.61. The molecule has 0 saturated carbocycles. The minimum Gasteiger partial charge on any atom is -0.492 e. The van der Waals surface area contributed by atoms with Gasteiger partial charge >= 0.3 is 0 Å². The number of amides is 1. The van der Waals surface area contributed by atoms with E-state index >= 15 is 0 Å². The Balaban J connectivity index is 1.76. The van der Waals surface area contributed by atoms with Crippen molar-refractivity contribution in [3.8, 4) is 5.75 Å². The number of benzene rings is 1. The van der Waals surface area contributed by atoms with Crippen molar-refractivity contribution >= 4 is 17.5 Å². The van der Waals surface area contributed by atoms with E-state index in [2.05, 4.69) is 5.32 Å². The molecule has 92 valence electrons. The normalized spacial score (nSPS) is 19.8. The van der Waals surface area contributed by atoms with E-state index in [1.165, 1.54) is 0 Å². The van der Waals surface area contributed by atoms with E-state index in [1.807, 2.05) is 24.3 Å². The zero-order valence-electron chi connectivity index (χ0n) is 9.62. The fourth-order valence-electron chi connectivity index (χ4n) is 2.00. The highest BCUT2D eigenvalue weighted by molar-refractivity contribution is 6.32. The predicted octanol–water partition coefficient (Wildman–Crippen LogP) is 2.64. The molecule has 0 aromatic heterocycles. The summed E-state index contributed by atoms with van der Waals surface area (Å²) in [6.07, 6.45) is 2.56. The van der Waals surface area contributed by atoms with Gasteiger partial charge in [0.15, 0.2) is 0 Å². The molecule has 1 amide bonds. The molecule has 0 bridgehead atoms. The first-order valence-electron chi connectivity index (χ1n) is 5.90. The van der Waals surface area contributed by atoms with Crippen LogP contribution in [-0.2, 0) is 4.79 Å². The van der Waals surface area contributed by atoms with Gasteiger partial charge in [-0.25, -0.2) is 0 Å². The van der Waals surface area contributed by atoms with Gasteiger partial charge in [0, 0.05) is 13.0 Å². The molecule has 0 aliphatic carbocycles. The van der Waals surface area contributed by atoms with Gasteiger partial charge in [-0.05, 0) is 30.9 Å². The molecule has 1 atom stereocenters. The smallest absolute Gasteiger partial charge is 0.220 e. The average molecular weight is 254 g/mol. The standard InChI is InChI=1S/C13H16ClNO2/c14-11-3-1-2-4-12(11)17-8-6-10-5-7-15-13(16)9-10/h1-4,10H,5-9H2,(H,15,16). The molecule has 1 aliphatic rings. The number of carbonyl (C=O) groups excluding carboxylic acids is 1. The highest BCUT2D eigenvalue weighted by Crippen LogP contribution is 2.24. The van der Waals surface area contributed by atoms with Crippen molar-refractivity contribution in [1.82, 2.24) is 5.32 Å². The zero-order valence-corrected chi connectivity index (χ0v) is 10.4. The molecular weight excluding hydrogens is 238 g/mol. The lowest BCUT2D eigenvalue weighted by atomic mass is 9.95. The van der Waals surface area contributed by atoms with E-state index in [-0.39, 0.29) is 5.91 Å². The minimum atomic E-state index is 0.152. The van der Waals surface area contributed by atoms with Crippen molar-refractivity contribution in [3.63, 3.8) is 0 Å². The quantitative estimate of drug-likeness (QED) is 0.896. The molecule has 1 saturated heterocycles. The lowest BCUT2D eigenvalue weighted by Gasteiger charge is -2.21. The molecule has 3 nitrogen and oxygen atoms in total. The molecule has 1 unspecified atom stereocenters. The van der Waals surface area contributed by atoms with Gasteiger partial charge in [0.2, 0.25) is 5.91 Å². The van der Waals surface area contributed by atoms with E-state index in [0.717, 1.165) is 25.1 Å². The topological polar surface area (TPSA) is 38.3 Å². The van der Waals surface area contributed by atoms with Gasteiger partial charge in [-0.1, -0.05) is 23.7 Å². The van der Waals surface area contributed by atoms with Crippen LogP contribution in [0.3, 0.4) is 0 Å². The molecule has 1 aromatic rings. The van der Waals surface area contributed by atoms with E-state index in [1.54, 1.807) is 0 Å². The van der Waals surface area contributed by atoms with Gasteiger partial charge < -0.3 is 10.1 Å². The molecule has 1 aliphatic heterocycles. The number of piperidine rings is 1. The maximum atomic E-state index is 11.2. The summed E-state index contributed by atoms with van der Waals surface area (Å²) in [6, 6.07) is 7.44.